The first-order valence-electron chi connectivity index (χ1n) is 9.98. The first-order chi connectivity index (χ1) is 15.5. The van der Waals surface area contributed by atoms with Crippen molar-refractivity contribution in [3.05, 3.63) is 87.4 Å². The average Bonchev–Trinajstić information content (AvgIpc) is 3.23. The molecule has 0 aliphatic heterocycles. The number of hydrogen-bond acceptors (Lipinski definition) is 7. The number of nitrogens with zero attached hydrogens (tertiary/aromatic N) is 3. The number of aromatic nitrogens is 3. The van der Waals surface area contributed by atoms with Crippen molar-refractivity contribution in [2.75, 3.05) is 11.9 Å². The van der Waals surface area contributed by atoms with Crippen LogP contribution in [0, 0.1) is 0 Å². The Labute approximate surface area is 187 Å². The van der Waals surface area contributed by atoms with E-state index >= 15 is 0 Å². The van der Waals surface area contributed by atoms with E-state index in [2.05, 4.69) is 15.3 Å². The Hall–Kier alpha value is -3.85. The summed E-state index contributed by atoms with van der Waals surface area (Å²) in [5.41, 5.74) is 2.42. The van der Waals surface area contributed by atoms with Crippen LogP contribution in [0.15, 0.2) is 65.0 Å². The zero-order valence-corrected chi connectivity index (χ0v) is 18.1. The summed E-state index contributed by atoms with van der Waals surface area (Å²) in [4.78, 5) is 45.3. The molecule has 0 saturated heterocycles. The van der Waals surface area contributed by atoms with Crippen LogP contribution in [0.5, 0.6) is 0 Å². The fourth-order valence-electron chi connectivity index (χ4n) is 3.15. The fraction of sp³-hybridized carbons (Fsp3) is 0.174. The molecule has 0 atom stereocenters. The highest BCUT2D eigenvalue weighted by molar-refractivity contribution is 7.14. The molecule has 4 aromatic rings. The second-order valence-electron chi connectivity index (χ2n) is 6.97. The van der Waals surface area contributed by atoms with Crippen molar-refractivity contribution in [2.45, 2.75) is 19.9 Å². The number of nitrogens with one attached hydrogen (secondary N) is 1. The normalized spacial score (nSPS) is 10.8. The lowest BCUT2D eigenvalue weighted by Crippen LogP contribution is -2.21. The van der Waals surface area contributed by atoms with Gasteiger partial charge in [-0.1, -0.05) is 24.3 Å². The van der Waals surface area contributed by atoms with E-state index < -0.39 is 0 Å². The van der Waals surface area contributed by atoms with Gasteiger partial charge in [0.25, 0.3) is 11.5 Å². The summed E-state index contributed by atoms with van der Waals surface area (Å²) < 4.78 is 6.44. The van der Waals surface area contributed by atoms with Crippen LogP contribution in [-0.4, -0.2) is 33.0 Å². The molecule has 162 valence electrons. The topological polar surface area (TPSA) is 103 Å². The first-order valence-corrected chi connectivity index (χ1v) is 10.9. The third-order valence-electron chi connectivity index (χ3n) is 4.70. The molecule has 0 aliphatic rings. The molecule has 1 amide bonds. The molecule has 0 spiro atoms. The Morgan fingerprint density at radius 2 is 1.91 bits per heavy atom. The monoisotopic (exact) mass is 448 g/mol. The van der Waals surface area contributed by atoms with E-state index in [0.29, 0.717) is 40.4 Å². The van der Waals surface area contributed by atoms with Gasteiger partial charge in [0.2, 0.25) is 0 Å². The second-order valence-corrected chi connectivity index (χ2v) is 7.83. The molecule has 8 nitrogen and oxygen atoms in total. The van der Waals surface area contributed by atoms with E-state index in [9.17, 15) is 14.4 Å². The van der Waals surface area contributed by atoms with Crippen molar-refractivity contribution >= 4 is 39.2 Å². The molecule has 32 heavy (non-hydrogen) atoms. The largest absolute Gasteiger partial charge is 0.466 e. The van der Waals surface area contributed by atoms with Gasteiger partial charge >= 0.3 is 5.97 Å². The summed E-state index contributed by atoms with van der Waals surface area (Å²) in [6.45, 7) is 2.41. The highest BCUT2D eigenvalue weighted by Gasteiger charge is 2.12. The van der Waals surface area contributed by atoms with Crippen molar-refractivity contribution in [1.29, 1.82) is 0 Å². The predicted octanol–water partition coefficient (Wildman–Crippen LogP) is 3.26. The highest BCUT2D eigenvalue weighted by atomic mass is 32.1. The maximum atomic E-state index is 12.6. The molecule has 0 radical (unpaired) electrons. The van der Waals surface area contributed by atoms with Crippen molar-refractivity contribution < 1.29 is 14.3 Å². The summed E-state index contributed by atoms with van der Waals surface area (Å²) in [7, 11) is 0. The molecule has 0 bridgehead atoms. The van der Waals surface area contributed by atoms with E-state index in [1.54, 1.807) is 48.7 Å². The standard InChI is InChI=1S/C23H20N4O4S/c1-2-31-20(28)11-17-13-32-23(25-17)26-21(29)16-9-7-15(8-10-16)12-27-14-24-19-6-4-3-5-18(19)22(27)30/h3-10,13-14H,2,11-12H2,1H3,(H,25,26,29). The van der Waals surface area contributed by atoms with Crippen molar-refractivity contribution in [2.24, 2.45) is 0 Å². The molecule has 4 rings (SSSR count). The van der Waals surface area contributed by atoms with Crippen LogP contribution >= 0.6 is 11.3 Å². The smallest absolute Gasteiger partial charge is 0.311 e. The van der Waals surface area contributed by atoms with Gasteiger partial charge in [-0.05, 0) is 36.8 Å². The zero-order valence-electron chi connectivity index (χ0n) is 17.3. The number of anilines is 1. The second kappa shape index (κ2) is 9.52. The number of rotatable bonds is 7. The molecule has 2 heterocycles. The highest BCUT2D eigenvalue weighted by Crippen LogP contribution is 2.17. The number of benzene rings is 2. The lowest BCUT2D eigenvalue weighted by Gasteiger charge is -2.08. The van der Waals surface area contributed by atoms with Gasteiger partial charge < -0.3 is 4.74 Å². The fourth-order valence-corrected chi connectivity index (χ4v) is 3.86. The molecule has 2 aromatic carbocycles. The third-order valence-corrected chi connectivity index (χ3v) is 5.51. The average molecular weight is 449 g/mol. The molecule has 1 N–H and O–H groups in total. The van der Waals surface area contributed by atoms with Crippen LogP contribution in [0.25, 0.3) is 10.9 Å². The summed E-state index contributed by atoms with van der Waals surface area (Å²) in [5, 5.41) is 5.42. The predicted molar refractivity (Wildman–Crippen MR) is 122 cm³/mol. The molecular formula is C23H20N4O4S. The molecule has 9 heteroatoms. The summed E-state index contributed by atoms with van der Waals surface area (Å²) in [6, 6.07) is 14.2. The summed E-state index contributed by atoms with van der Waals surface area (Å²) in [6.07, 6.45) is 1.60. The maximum absolute atomic E-state index is 12.6. The van der Waals surface area contributed by atoms with Gasteiger partial charge in [0.15, 0.2) is 5.13 Å². The number of amides is 1. The quantitative estimate of drug-likeness (QED) is 0.435. The molecule has 2 aromatic heterocycles. The number of thiazole rings is 1. The van der Waals surface area contributed by atoms with E-state index in [-0.39, 0.29) is 23.9 Å². The Bertz CT molecular complexity index is 1330. The number of para-hydroxylation sites is 1. The number of esters is 1. The third kappa shape index (κ3) is 4.89. The molecular weight excluding hydrogens is 428 g/mol. The number of fused-ring (bicyclic) bond motifs is 1. The minimum absolute atomic E-state index is 0.0674. The number of carbonyl (C=O) groups excluding carboxylic acids is 2. The molecule has 0 unspecified atom stereocenters. The van der Waals surface area contributed by atoms with Crippen LogP contribution in [0.4, 0.5) is 5.13 Å². The van der Waals surface area contributed by atoms with Crippen LogP contribution < -0.4 is 10.9 Å². The van der Waals surface area contributed by atoms with Crippen LogP contribution in [0.2, 0.25) is 0 Å². The van der Waals surface area contributed by atoms with Crippen LogP contribution in [0.3, 0.4) is 0 Å². The Morgan fingerprint density at radius 1 is 1.12 bits per heavy atom. The Morgan fingerprint density at radius 3 is 2.69 bits per heavy atom. The number of carbonyl (C=O) groups is 2. The zero-order chi connectivity index (χ0) is 22.5. The van der Waals surface area contributed by atoms with E-state index in [1.165, 1.54) is 22.2 Å². The van der Waals surface area contributed by atoms with Gasteiger partial charge in [-0.15, -0.1) is 11.3 Å². The van der Waals surface area contributed by atoms with Crippen molar-refractivity contribution in [1.82, 2.24) is 14.5 Å². The lowest BCUT2D eigenvalue weighted by atomic mass is 10.1. The first kappa shape index (κ1) is 21.4. The van der Waals surface area contributed by atoms with E-state index in [4.69, 9.17) is 4.74 Å². The van der Waals surface area contributed by atoms with Crippen LogP contribution in [-0.2, 0) is 22.5 Å². The maximum Gasteiger partial charge on any atom is 0.311 e. The molecule has 0 aliphatic carbocycles. The number of hydrogen-bond donors (Lipinski definition) is 1. The number of ether oxygens (including phenoxy) is 1. The van der Waals surface area contributed by atoms with Gasteiger partial charge in [0, 0.05) is 10.9 Å². The molecule has 0 saturated carbocycles. The minimum atomic E-state index is -0.355. The van der Waals surface area contributed by atoms with Gasteiger partial charge in [0.05, 0.1) is 42.5 Å². The Balaban J connectivity index is 1.41. The summed E-state index contributed by atoms with van der Waals surface area (Å²) in [5.74, 6) is -0.662. The van der Waals surface area contributed by atoms with Crippen molar-refractivity contribution in [3.63, 3.8) is 0 Å². The van der Waals surface area contributed by atoms with Gasteiger partial charge in [-0.3, -0.25) is 24.3 Å². The van der Waals surface area contributed by atoms with Crippen molar-refractivity contribution in [3.8, 4) is 0 Å². The van der Waals surface area contributed by atoms with Gasteiger partial charge in [-0.25, -0.2) is 9.97 Å². The van der Waals surface area contributed by atoms with Gasteiger partial charge in [0.1, 0.15) is 0 Å². The lowest BCUT2D eigenvalue weighted by molar-refractivity contribution is -0.142. The summed E-state index contributed by atoms with van der Waals surface area (Å²) >= 11 is 1.24. The van der Waals surface area contributed by atoms with Gasteiger partial charge in [-0.2, -0.15) is 0 Å². The van der Waals surface area contributed by atoms with E-state index in [0.717, 1.165) is 5.56 Å². The SMILES string of the molecule is CCOC(=O)Cc1csc(NC(=O)c2ccc(Cn3cnc4ccccc4c3=O)cc2)n1. The Kier molecular flexibility index (Phi) is 6.37. The minimum Gasteiger partial charge on any atom is -0.466 e. The molecule has 0 fully saturated rings. The van der Waals surface area contributed by atoms with E-state index in [1.807, 2.05) is 12.1 Å². The van der Waals surface area contributed by atoms with Crippen LogP contribution in [0.1, 0.15) is 28.5 Å².